The number of hydrogen-bond acceptors (Lipinski definition) is 5. The number of ether oxygens (including phenoxy) is 4. The van der Waals surface area contributed by atoms with E-state index < -0.39 is 5.79 Å². The zero-order valence-corrected chi connectivity index (χ0v) is 16.0. The molecule has 26 heavy (non-hydrogen) atoms. The fraction of sp³-hybridized carbons (Fsp3) is 0.714. The van der Waals surface area contributed by atoms with Gasteiger partial charge in [0, 0.05) is 24.3 Å². The van der Waals surface area contributed by atoms with E-state index in [4.69, 9.17) is 18.9 Å². The molecule has 0 radical (unpaired) electrons. The van der Waals surface area contributed by atoms with E-state index in [2.05, 4.69) is 24.4 Å². The number of fused-ring (bicyclic) bond motifs is 2. The van der Waals surface area contributed by atoms with Crippen molar-refractivity contribution < 1.29 is 18.9 Å². The second-order valence-corrected chi connectivity index (χ2v) is 8.45. The highest BCUT2D eigenvalue weighted by Crippen LogP contribution is 2.62. The van der Waals surface area contributed by atoms with Crippen molar-refractivity contribution in [1.29, 1.82) is 0 Å². The molecule has 5 nitrogen and oxygen atoms in total. The van der Waals surface area contributed by atoms with Crippen molar-refractivity contribution in [3.8, 4) is 11.5 Å². The van der Waals surface area contributed by atoms with Crippen molar-refractivity contribution in [3.05, 3.63) is 23.3 Å². The van der Waals surface area contributed by atoms with E-state index in [9.17, 15) is 0 Å². The van der Waals surface area contributed by atoms with Crippen molar-refractivity contribution >= 4 is 0 Å². The molecule has 1 aromatic rings. The molecule has 5 heteroatoms. The van der Waals surface area contributed by atoms with Crippen LogP contribution in [-0.4, -0.2) is 39.8 Å². The van der Waals surface area contributed by atoms with E-state index in [1.54, 1.807) is 14.2 Å². The predicted molar refractivity (Wildman–Crippen MR) is 97.7 cm³/mol. The molecule has 0 aromatic heterocycles. The third-order valence-electron chi connectivity index (χ3n) is 7.48. The quantitative estimate of drug-likeness (QED) is 0.879. The zero-order valence-electron chi connectivity index (χ0n) is 16.0. The summed E-state index contributed by atoms with van der Waals surface area (Å²) < 4.78 is 23.6. The average molecular weight is 359 g/mol. The summed E-state index contributed by atoms with van der Waals surface area (Å²) in [5, 5.41) is 3.82. The minimum atomic E-state index is -0.396. The first-order valence-corrected chi connectivity index (χ1v) is 9.89. The Hall–Kier alpha value is -1.30. The lowest BCUT2D eigenvalue weighted by Gasteiger charge is -2.55. The van der Waals surface area contributed by atoms with E-state index in [-0.39, 0.29) is 5.41 Å². The van der Waals surface area contributed by atoms with Crippen LogP contribution in [0.5, 0.6) is 11.5 Å². The molecule has 5 aliphatic rings. The molecule has 142 valence electrons. The normalized spacial score (nSPS) is 37.1. The van der Waals surface area contributed by atoms with Crippen molar-refractivity contribution in [3.63, 3.8) is 0 Å². The summed E-state index contributed by atoms with van der Waals surface area (Å²) >= 11 is 0. The second-order valence-electron chi connectivity index (χ2n) is 8.45. The summed E-state index contributed by atoms with van der Waals surface area (Å²) in [6, 6.07) is 4.83. The highest BCUT2D eigenvalue weighted by molar-refractivity contribution is 5.54. The molecule has 2 bridgehead atoms. The molecule has 1 saturated carbocycles. The fourth-order valence-corrected chi connectivity index (χ4v) is 6.25. The first-order valence-electron chi connectivity index (χ1n) is 9.89. The summed E-state index contributed by atoms with van der Waals surface area (Å²) in [4.78, 5) is 0. The van der Waals surface area contributed by atoms with Crippen LogP contribution in [0.4, 0.5) is 0 Å². The maximum atomic E-state index is 6.18. The second kappa shape index (κ2) is 5.85. The zero-order chi connectivity index (χ0) is 17.9. The third kappa shape index (κ3) is 2.14. The van der Waals surface area contributed by atoms with Gasteiger partial charge in [0.15, 0.2) is 17.3 Å². The Morgan fingerprint density at radius 3 is 2.58 bits per heavy atom. The van der Waals surface area contributed by atoms with Gasteiger partial charge in [0.1, 0.15) is 0 Å². The summed E-state index contributed by atoms with van der Waals surface area (Å²) in [6.07, 6.45) is 4.31. The van der Waals surface area contributed by atoms with Crippen LogP contribution in [0, 0.1) is 11.8 Å². The maximum absolute atomic E-state index is 6.18. The summed E-state index contributed by atoms with van der Waals surface area (Å²) in [5.41, 5.74) is 2.86. The molecule has 3 fully saturated rings. The smallest absolute Gasteiger partial charge is 0.169 e. The molecular formula is C21H29NO4. The average Bonchev–Trinajstić information content (AvgIpc) is 3.02. The highest BCUT2D eigenvalue weighted by atomic mass is 16.7. The van der Waals surface area contributed by atoms with Crippen LogP contribution < -0.4 is 14.8 Å². The van der Waals surface area contributed by atoms with Gasteiger partial charge >= 0.3 is 0 Å². The standard InChI is InChI=1S/C21H29NO4/c1-13-11-22-17-8-14-4-5-20(25-6-7-26-20)12-21(13,14)16-10-19(24-3)18(23-2)9-15(16)17/h9-10,13-14,17,22H,4-8,11-12H2,1-3H3/t13?,14-,17+,21-/m0/s1. The van der Waals surface area contributed by atoms with Gasteiger partial charge in [0.2, 0.25) is 0 Å². The van der Waals surface area contributed by atoms with Crippen LogP contribution in [0.3, 0.4) is 0 Å². The molecule has 1 aromatic carbocycles. The monoisotopic (exact) mass is 359 g/mol. The van der Waals surface area contributed by atoms with E-state index >= 15 is 0 Å². The molecule has 1 unspecified atom stereocenters. The Morgan fingerprint density at radius 2 is 1.85 bits per heavy atom. The molecule has 2 spiro atoms. The number of methoxy groups -OCH3 is 2. The van der Waals surface area contributed by atoms with Crippen molar-refractivity contribution in [2.24, 2.45) is 11.8 Å². The van der Waals surface area contributed by atoms with Crippen molar-refractivity contribution in [2.75, 3.05) is 34.0 Å². The molecular weight excluding hydrogens is 330 g/mol. The van der Waals surface area contributed by atoms with E-state index in [1.165, 1.54) is 17.5 Å². The van der Waals surface area contributed by atoms with Gasteiger partial charge in [-0.1, -0.05) is 6.92 Å². The Labute approximate surface area is 155 Å². The van der Waals surface area contributed by atoms with Crippen LogP contribution in [0.15, 0.2) is 12.1 Å². The van der Waals surface area contributed by atoms with Gasteiger partial charge in [-0.15, -0.1) is 0 Å². The number of hydrogen-bond donors (Lipinski definition) is 1. The Balaban J connectivity index is 1.71. The van der Waals surface area contributed by atoms with Gasteiger partial charge in [-0.05, 0) is 54.5 Å². The van der Waals surface area contributed by atoms with Crippen LogP contribution in [0.25, 0.3) is 0 Å². The molecule has 3 heterocycles. The molecule has 0 amide bonds. The van der Waals surface area contributed by atoms with Crippen LogP contribution in [0.2, 0.25) is 0 Å². The predicted octanol–water partition coefficient (Wildman–Crippen LogP) is 3.17. The molecule has 2 aliphatic carbocycles. The first-order chi connectivity index (χ1) is 12.6. The van der Waals surface area contributed by atoms with Crippen LogP contribution >= 0.6 is 0 Å². The first kappa shape index (κ1) is 16.8. The lowest BCUT2D eigenvalue weighted by atomic mass is 9.51. The summed E-state index contributed by atoms with van der Waals surface area (Å²) in [7, 11) is 3.44. The topological polar surface area (TPSA) is 49.0 Å². The lowest BCUT2D eigenvalue weighted by Crippen LogP contribution is -2.54. The van der Waals surface area contributed by atoms with Gasteiger partial charge in [0.25, 0.3) is 0 Å². The minimum Gasteiger partial charge on any atom is -0.493 e. The third-order valence-corrected chi connectivity index (χ3v) is 7.48. The van der Waals surface area contributed by atoms with Crippen molar-refractivity contribution in [2.45, 2.75) is 49.9 Å². The summed E-state index contributed by atoms with van der Waals surface area (Å²) in [5.74, 6) is 2.42. The molecule has 1 N–H and O–H groups in total. The van der Waals surface area contributed by atoms with Gasteiger partial charge in [-0.3, -0.25) is 0 Å². The SMILES string of the molecule is COc1cc2c(cc1OC)[C@]13CC4(CC[C@H]1C[C@H]2NCC3C)OCCO4. The van der Waals surface area contributed by atoms with Crippen LogP contribution in [0.1, 0.15) is 49.8 Å². The molecule has 3 aliphatic heterocycles. The maximum Gasteiger partial charge on any atom is 0.169 e. The molecule has 2 saturated heterocycles. The summed E-state index contributed by atoms with van der Waals surface area (Å²) in [6.45, 7) is 4.85. The van der Waals surface area contributed by atoms with Gasteiger partial charge < -0.3 is 24.3 Å². The van der Waals surface area contributed by atoms with Gasteiger partial charge in [-0.2, -0.15) is 0 Å². The molecule has 6 rings (SSSR count). The highest BCUT2D eigenvalue weighted by Gasteiger charge is 2.60. The van der Waals surface area contributed by atoms with E-state index in [0.29, 0.717) is 17.9 Å². The number of nitrogens with one attached hydrogen (secondary N) is 1. The van der Waals surface area contributed by atoms with Crippen molar-refractivity contribution in [1.82, 2.24) is 5.32 Å². The van der Waals surface area contributed by atoms with Gasteiger partial charge in [-0.25, -0.2) is 0 Å². The van der Waals surface area contributed by atoms with Gasteiger partial charge in [0.05, 0.1) is 27.4 Å². The number of rotatable bonds is 2. The lowest BCUT2D eigenvalue weighted by molar-refractivity contribution is -0.206. The largest absolute Gasteiger partial charge is 0.493 e. The fourth-order valence-electron chi connectivity index (χ4n) is 6.25. The Bertz CT molecular complexity index is 714. The van der Waals surface area contributed by atoms with E-state index in [1.807, 2.05) is 0 Å². The number of benzene rings is 1. The Morgan fingerprint density at radius 1 is 1.12 bits per heavy atom. The molecule has 4 atom stereocenters. The van der Waals surface area contributed by atoms with E-state index in [0.717, 1.165) is 50.5 Å². The van der Waals surface area contributed by atoms with Crippen LogP contribution in [-0.2, 0) is 14.9 Å². The Kier molecular flexibility index (Phi) is 3.79. The minimum absolute atomic E-state index is 0.0669.